The fourth-order valence-electron chi connectivity index (χ4n) is 4.62. The Morgan fingerprint density at radius 3 is 2.61 bits per heavy atom. The molecule has 180 valence electrons. The van der Waals surface area contributed by atoms with Crippen molar-refractivity contribution < 1.29 is 37.0 Å². The minimum atomic E-state index is -4.66. The van der Waals surface area contributed by atoms with Crippen molar-refractivity contribution in [3.8, 4) is 5.75 Å². The van der Waals surface area contributed by atoms with E-state index in [0.717, 1.165) is 5.69 Å². The Morgan fingerprint density at radius 1 is 1.21 bits per heavy atom. The number of anilines is 1. The number of benzene rings is 1. The Morgan fingerprint density at radius 2 is 1.91 bits per heavy atom. The summed E-state index contributed by atoms with van der Waals surface area (Å²) >= 11 is 6.03. The van der Waals surface area contributed by atoms with E-state index in [-0.39, 0.29) is 31.3 Å². The predicted octanol–water partition coefficient (Wildman–Crippen LogP) is 2.14. The molecule has 5 rings (SSSR count). The minimum absolute atomic E-state index is 0.100. The van der Waals surface area contributed by atoms with E-state index in [1.165, 1.54) is 0 Å². The highest BCUT2D eigenvalue weighted by atomic mass is 35.5. The highest BCUT2D eigenvalue weighted by molar-refractivity contribution is 6.31. The Hall–Kier alpha value is -2.24. The molecule has 0 radical (unpaired) electrons. The number of rotatable bonds is 7. The third-order valence-corrected chi connectivity index (χ3v) is 6.98. The van der Waals surface area contributed by atoms with Gasteiger partial charge in [-0.25, -0.2) is 0 Å². The second-order valence-electron chi connectivity index (χ2n) is 9.24. The molecule has 1 aliphatic heterocycles. The van der Waals surface area contributed by atoms with Crippen LogP contribution < -0.4 is 20.3 Å². The molecule has 8 nitrogen and oxygen atoms in total. The lowest BCUT2D eigenvalue weighted by atomic mass is 9.92. The lowest BCUT2D eigenvalue weighted by Crippen LogP contribution is -2.50. The SMILES string of the molecule is CN1CC(C(=O)NC23CC2(NC(=O)CO[C@H]2C[C@@H](OC(F)(F)F)C2)C3)Oc2ccc(Cl)cc21. The van der Waals surface area contributed by atoms with Gasteiger partial charge in [-0.15, -0.1) is 13.2 Å². The van der Waals surface area contributed by atoms with Crippen LogP contribution in [0, 0.1) is 0 Å². The van der Waals surface area contributed by atoms with Gasteiger partial charge in [0.15, 0.2) is 6.10 Å². The van der Waals surface area contributed by atoms with E-state index in [1.807, 2.05) is 11.9 Å². The summed E-state index contributed by atoms with van der Waals surface area (Å²) in [5, 5.41) is 6.47. The quantitative estimate of drug-likeness (QED) is 0.610. The van der Waals surface area contributed by atoms with Crippen LogP contribution in [-0.4, -0.2) is 67.8 Å². The molecule has 0 bridgehead atoms. The van der Waals surface area contributed by atoms with Crippen LogP contribution in [0.2, 0.25) is 5.02 Å². The van der Waals surface area contributed by atoms with E-state index in [9.17, 15) is 22.8 Å². The van der Waals surface area contributed by atoms with Gasteiger partial charge in [-0.1, -0.05) is 11.6 Å². The highest BCUT2D eigenvalue weighted by Gasteiger charge is 2.85. The number of hydrogen-bond acceptors (Lipinski definition) is 6. The molecule has 3 saturated carbocycles. The van der Waals surface area contributed by atoms with Crippen molar-refractivity contribution >= 4 is 29.1 Å². The number of halogens is 4. The van der Waals surface area contributed by atoms with Gasteiger partial charge in [-0.05, 0) is 31.0 Å². The largest absolute Gasteiger partial charge is 0.522 e. The van der Waals surface area contributed by atoms with Crippen LogP contribution in [-0.2, 0) is 19.1 Å². The molecule has 4 aliphatic rings. The number of ether oxygens (including phenoxy) is 3. The van der Waals surface area contributed by atoms with Crippen molar-refractivity contribution in [2.45, 2.75) is 61.4 Å². The molecule has 1 aromatic rings. The molecule has 33 heavy (non-hydrogen) atoms. The first-order valence-corrected chi connectivity index (χ1v) is 11.0. The first-order chi connectivity index (χ1) is 15.5. The van der Waals surface area contributed by atoms with Gasteiger partial charge < -0.3 is 25.0 Å². The van der Waals surface area contributed by atoms with Crippen LogP contribution in [0.25, 0.3) is 0 Å². The lowest BCUT2D eigenvalue weighted by molar-refractivity contribution is -0.357. The van der Waals surface area contributed by atoms with E-state index in [0.29, 0.717) is 30.2 Å². The predicted molar refractivity (Wildman–Crippen MR) is 110 cm³/mol. The molecule has 12 heteroatoms. The summed E-state index contributed by atoms with van der Waals surface area (Å²) in [6.45, 7) is 0.119. The number of carbonyl (C=O) groups is 2. The third kappa shape index (κ3) is 4.45. The van der Waals surface area contributed by atoms with Crippen LogP contribution in [0.3, 0.4) is 0 Å². The smallest absolute Gasteiger partial charge is 0.477 e. The van der Waals surface area contributed by atoms with Crippen molar-refractivity contribution in [1.29, 1.82) is 0 Å². The fraction of sp³-hybridized carbons (Fsp3) is 0.619. The number of carbonyl (C=O) groups excluding carboxylic acids is 2. The second-order valence-corrected chi connectivity index (χ2v) is 9.68. The number of likely N-dealkylation sites (N-methyl/N-ethyl adjacent to an activating group) is 1. The van der Waals surface area contributed by atoms with Gasteiger partial charge in [-0.3, -0.25) is 14.3 Å². The van der Waals surface area contributed by atoms with Gasteiger partial charge in [0.1, 0.15) is 12.4 Å². The van der Waals surface area contributed by atoms with Crippen LogP contribution in [0.15, 0.2) is 18.2 Å². The summed E-state index contributed by atoms with van der Waals surface area (Å²) in [5.41, 5.74) is -0.132. The molecule has 2 N–H and O–H groups in total. The van der Waals surface area contributed by atoms with E-state index >= 15 is 0 Å². The molecular weight excluding hydrogens is 467 g/mol. The third-order valence-electron chi connectivity index (χ3n) is 6.75. The number of fused-ring (bicyclic) bond motifs is 2. The first kappa shape index (κ1) is 22.5. The maximum Gasteiger partial charge on any atom is 0.522 e. The Labute approximate surface area is 192 Å². The highest BCUT2D eigenvalue weighted by Crippen LogP contribution is 2.70. The normalized spacial score (nSPS) is 33.7. The lowest BCUT2D eigenvalue weighted by Gasteiger charge is -2.34. The molecule has 1 unspecified atom stereocenters. The van der Waals surface area contributed by atoms with Crippen LogP contribution in [0.5, 0.6) is 5.75 Å². The van der Waals surface area contributed by atoms with Crippen molar-refractivity contribution in [3.63, 3.8) is 0 Å². The van der Waals surface area contributed by atoms with E-state index in [2.05, 4.69) is 15.4 Å². The number of nitrogens with one attached hydrogen (secondary N) is 2. The number of alkyl halides is 3. The zero-order chi connectivity index (χ0) is 23.6. The maximum absolute atomic E-state index is 12.8. The van der Waals surface area contributed by atoms with Crippen molar-refractivity contribution in [2.75, 3.05) is 25.1 Å². The van der Waals surface area contributed by atoms with E-state index in [4.69, 9.17) is 21.1 Å². The van der Waals surface area contributed by atoms with E-state index in [1.54, 1.807) is 18.2 Å². The Balaban J connectivity index is 1.05. The number of nitrogens with zero attached hydrogens (tertiary/aromatic N) is 1. The zero-order valence-corrected chi connectivity index (χ0v) is 18.5. The molecule has 3 aliphatic carbocycles. The summed E-state index contributed by atoms with van der Waals surface area (Å²) < 4.78 is 51.5. The number of amides is 2. The average Bonchev–Trinajstić information content (AvgIpc) is 3.48. The van der Waals surface area contributed by atoms with Gasteiger partial charge in [0.25, 0.3) is 5.91 Å². The van der Waals surface area contributed by atoms with Gasteiger partial charge in [-0.2, -0.15) is 0 Å². The van der Waals surface area contributed by atoms with Gasteiger partial charge in [0, 0.05) is 24.9 Å². The minimum Gasteiger partial charge on any atom is -0.477 e. The molecule has 1 atom stereocenters. The molecule has 0 saturated heterocycles. The van der Waals surface area contributed by atoms with Gasteiger partial charge >= 0.3 is 6.36 Å². The van der Waals surface area contributed by atoms with E-state index < -0.39 is 35.8 Å². The summed E-state index contributed by atoms with van der Waals surface area (Å²) in [4.78, 5) is 26.9. The van der Waals surface area contributed by atoms with Crippen LogP contribution >= 0.6 is 11.6 Å². The Kier molecular flexibility index (Phi) is 5.22. The Bertz CT molecular complexity index is 978. The van der Waals surface area contributed by atoms with Crippen molar-refractivity contribution in [3.05, 3.63) is 23.2 Å². The monoisotopic (exact) mass is 489 g/mol. The molecule has 1 heterocycles. The zero-order valence-electron chi connectivity index (χ0n) is 17.7. The van der Waals surface area contributed by atoms with Crippen molar-refractivity contribution in [2.24, 2.45) is 0 Å². The van der Waals surface area contributed by atoms with Gasteiger partial charge in [0.05, 0.1) is 35.5 Å². The summed E-state index contributed by atoms with van der Waals surface area (Å²) in [6.07, 6.45) is -5.26. The molecule has 1 aromatic carbocycles. The molecule has 2 amide bonds. The standard InChI is InChI=1S/C21H23ClF3N3O5/c1-28-7-16(32-15-3-2-11(22)4-14(15)28)18(30)27-20-9-19(20,10-20)26-17(29)8-31-12-5-13(6-12)33-21(23,24)25/h2-4,12-13,16H,5-10H2,1H3,(H,26,29)(H,27,30)/t12-,13+,16?,19?,20?. The summed E-state index contributed by atoms with van der Waals surface area (Å²) in [6, 6.07) is 5.20. The topological polar surface area (TPSA) is 89.1 Å². The summed E-state index contributed by atoms with van der Waals surface area (Å²) in [5.74, 6) is -0.0336. The molecular formula is C21H23ClF3N3O5. The maximum atomic E-state index is 12.8. The molecule has 3 fully saturated rings. The second kappa shape index (κ2) is 7.64. The van der Waals surface area contributed by atoms with Crippen LogP contribution in [0.4, 0.5) is 18.9 Å². The molecule has 0 spiro atoms. The fourth-order valence-corrected chi connectivity index (χ4v) is 4.79. The first-order valence-electron chi connectivity index (χ1n) is 10.6. The van der Waals surface area contributed by atoms with Gasteiger partial charge in [0.2, 0.25) is 5.91 Å². The molecule has 0 aromatic heterocycles. The van der Waals surface area contributed by atoms with Crippen molar-refractivity contribution in [1.82, 2.24) is 10.6 Å². The summed E-state index contributed by atoms with van der Waals surface area (Å²) in [7, 11) is 1.86. The number of hydrogen-bond donors (Lipinski definition) is 2. The average molecular weight is 490 g/mol. The van der Waals surface area contributed by atoms with Crippen LogP contribution in [0.1, 0.15) is 25.7 Å².